The van der Waals surface area contributed by atoms with Gasteiger partial charge in [0, 0.05) is 43.6 Å². The zero-order valence-corrected chi connectivity index (χ0v) is 10.9. The Kier molecular flexibility index (Phi) is 7.22. The van der Waals surface area contributed by atoms with Crippen molar-refractivity contribution in [2.75, 3.05) is 13.2 Å². The quantitative estimate of drug-likeness (QED) is 0.656. The maximum absolute atomic E-state index is 11.8. The molecule has 1 aromatic rings. The van der Waals surface area contributed by atoms with Gasteiger partial charge in [0.1, 0.15) is 0 Å². The molecule has 0 aliphatic rings. The first-order valence-corrected chi connectivity index (χ1v) is 6.55. The van der Waals surface area contributed by atoms with Crippen molar-refractivity contribution in [1.82, 2.24) is 10.3 Å². The highest BCUT2D eigenvalue weighted by Gasteiger charge is 2.09. The van der Waals surface area contributed by atoms with Gasteiger partial charge in [-0.25, -0.2) is 0 Å². The van der Waals surface area contributed by atoms with Crippen molar-refractivity contribution >= 4 is 5.78 Å². The number of carbonyl (C=O) groups excluding carboxylic acids is 1. The number of carbonyl (C=O) groups is 1. The van der Waals surface area contributed by atoms with E-state index in [1.165, 1.54) is 0 Å². The zero-order chi connectivity index (χ0) is 13.2. The second-order valence-electron chi connectivity index (χ2n) is 4.37. The van der Waals surface area contributed by atoms with E-state index in [1.807, 2.05) is 0 Å². The van der Waals surface area contributed by atoms with Crippen LogP contribution >= 0.6 is 0 Å². The van der Waals surface area contributed by atoms with Crippen LogP contribution in [-0.4, -0.2) is 35.1 Å². The summed E-state index contributed by atoms with van der Waals surface area (Å²) >= 11 is 0. The van der Waals surface area contributed by atoms with Crippen molar-refractivity contribution in [3.63, 3.8) is 0 Å². The third-order valence-corrected chi connectivity index (χ3v) is 2.88. The Morgan fingerprint density at radius 1 is 1.50 bits per heavy atom. The molecule has 0 saturated carbocycles. The average Bonchev–Trinajstić information content (AvgIpc) is 2.40. The maximum Gasteiger partial charge on any atom is 0.165 e. The first kappa shape index (κ1) is 14.8. The summed E-state index contributed by atoms with van der Waals surface area (Å²) in [7, 11) is 0. The molecule has 4 nitrogen and oxygen atoms in total. The number of ketones is 1. The lowest BCUT2D eigenvalue weighted by molar-refractivity contribution is 0.0981. The Labute approximate surface area is 108 Å². The largest absolute Gasteiger partial charge is 0.396 e. The first-order chi connectivity index (χ1) is 8.77. The number of hydrogen-bond acceptors (Lipinski definition) is 4. The van der Waals surface area contributed by atoms with Crippen molar-refractivity contribution in [3.05, 3.63) is 30.1 Å². The number of nitrogens with zero attached hydrogens (tertiary/aromatic N) is 1. The van der Waals surface area contributed by atoms with Crippen molar-refractivity contribution in [1.29, 1.82) is 0 Å². The molecular weight excluding hydrogens is 228 g/mol. The fourth-order valence-corrected chi connectivity index (χ4v) is 1.91. The van der Waals surface area contributed by atoms with Crippen LogP contribution in [0.5, 0.6) is 0 Å². The summed E-state index contributed by atoms with van der Waals surface area (Å²) in [6.07, 6.45) is 6.58. The van der Waals surface area contributed by atoms with Gasteiger partial charge >= 0.3 is 0 Å². The molecule has 1 heterocycles. The summed E-state index contributed by atoms with van der Waals surface area (Å²) in [4.78, 5) is 15.7. The van der Waals surface area contributed by atoms with Crippen molar-refractivity contribution in [3.8, 4) is 0 Å². The molecular formula is C14H22N2O2. The molecule has 0 fully saturated rings. The van der Waals surface area contributed by atoms with Crippen LogP contribution in [0.25, 0.3) is 0 Å². The number of aromatic nitrogens is 1. The van der Waals surface area contributed by atoms with Crippen LogP contribution in [-0.2, 0) is 0 Å². The third-order valence-electron chi connectivity index (χ3n) is 2.88. The Morgan fingerprint density at radius 2 is 2.33 bits per heavy atom. The predicted octanol–water partition coefficient (Wildman–Crippen LogP) is 1.80. The minimum atomic E-state index is 0.106. The molecule has 1 aromatic heterocycles. The molecule has 0 spiro atoms. The van der Waals surface area contributed by atoms with Crippen LogP contribution < -0.4 is 5.32 Å². The molecule has 1 atom stereocenters. The van der Waals surface area contributed by atoms with E-state index in [9.17, 15) is 4.79 Å². The minimum Gasteiger partial charge on any atom is -0.396 e. The van der Waals surface area contributed by atoms with Crippen LogP contribution in [0.2, 0.25) is 0 Å². The highest BCUT2D eigenvalue weighted by Crippen LogP contribution is 2.03. The molecule has 100 valence electrons. The van der Waals surface area contributed by atoms with Gasteiger partial charge in [0.2, 0.25) is 0 Å². The topological polar surface area (TPSA) is 62.2 Å². The highest BCUT2D eigenvalue weighted by molar-refractivity contribution is 5.95. The normalized spacial score (nSPS) is 12.3. The number of hydrogen-bond donors (Lipinski definition) is 2. The number of aliphatic hydroxyl groups excluding tert-OH is 1. The van der Waals surface area contributed by atoms with Crippen LogP contribution in [0, 0.1) is 0 Å². The summed E-state index contributed by atoms with van der Waals surface area (Å²) in [5.74, 6) is 0.106. The van der Waals surface area contributed by atoms with Crippen molar-refractivity contribution < 1.29 is 9.90 Å². The Bertz CT molecular complexity index is 335. The van der Waals surface area contributed by atoms with E-state index in [-0.39, 0.29) is 12.4 Å². The van der Waals surface area contributed by atoms with Crippen LogP contribution in [0.15, 0.2) is 24.5 Å². The minimum absolute atomic E-state index is 0.106. The second-order valence-corrected chi connectivity index (χ2v) is 4.37. The Morgan fingerprint density at radius 3 is 2.94 bits per heavy atom. The zero-order valence-electron chi connectivity index (χ0n) is 10.9. The highest BCUT2D eigenvalue weighted by atomic mass is 16.3. The lowest BCUT2D eigenvalue weighted by atomic mass is 10.1. The maximum atomic E-state index is 11.8. The third kappa shape index (κ3) is 5.38. The number of nitrogens with one attached hydrogen (secondary N) is 1. The molecule has 18 heavy (non-hydrogen) atoms. The van der Waals surface area contributed by atoms with Gasteiger partial charge in [-0.1, -0.05) is 13.3 Å². The van der Waals surface area contributed by atoms with Crippen molar-refractivity contribution in [2.45, 2.75) is 38.6 Å². The van der Waals surface area contributed by atoms with Crippen LogP contribution in [0.1, 0.15) is 43.0 Å². The number of aliphatic hydroxyl groups is 1. The lowest BCUT2D eigenvalue weighted by Gasteiger charge is -2.16. The van der Waals surface area contributed by atoms with Gasteiger partial charge in [0.15, 0.2) is 5.78 Å². The standard InChI is InChI=1S/C14H22N2O2/c1-2-4-13(7-10-17)16-9-6-14(18)12-5-3-8-15-11-12/h3,5,8,11,13,16-17H,2,4,6-7,9-10H2,1H3. The van der Waals surface area contributed by atoms with E-state index in [4.69, 9.17) is 5.11 Å². The van der Waals surface area contributed by atoms with Gasteiger partial charge in [-0.3, -0.25) is 9.78 Å². The smallest absolute Gasteiger partial charge is 0.165 e. The molecule has 1 unspecified atom stereocenters. The van der Waals surface area contributed by atoms with Gasteiger partial charge in [-0.05, 0) is 25.0 Å². The number of Topliss-reactive ketones (excluding diaryl/α,β-unsaturated/α-hetero) is 1. The Hall–Kier alpha value is -1.26. The molecule has 0 aliphatic heterocycles. The Balaban J connectivity index is 2.30. The van der Waals surface area contributed by atoms with E-state index in [2.05, 4.69) is 17.2 Å². The molecule has 1 rings (SSSR count). The molecule has 2 N–H and O–H groups in total. The molecule has 0 aromatic carbocycles. The van der Waals surface area contributed by atoms with E-state index in [0.717, 1.165) is 19.3 Å². The molecule has 0 saturated heterocycles. The molecule has 0 amide bonds. The molecule has 0 bridgehead atoms. The van der Waals surface area contributed by atoms with Gasteiger partial charge in [-0.2, -0.15) is 0 Å². The first-order valence-electron chi connectivity index (χ1n) is 6.55. The average molecular weight is 250 g/mol. The van der Waals surface area contributed by atoms with Gasteiger partial charge < -0.3 is 10.4 Å². The monoisotopic (exact) mass is 250 g/mol. The van der Waals surface area contributed by atoms with Crippen LogP contribution in [0.4, 0.5) is 0 Å². The van der Waals surface area contributed by atoms with E-state index < -0.39 is 0 Å². The lowest BCUT2D eigenvalue weighted by Crippen LogP contribution is -2.31. The van der Waals surface area contributed by atoms with Gasteiger partial charge in [0.05, 0.1) is 0 Å². The molecule has 0 radical (unpaired) electrons. The van der Waals surface area contributed by atoms with Gasteiger partial charge in [0.25, 0.3) is 0 Å². The second kappa shape index (κ2) is 8.78. The molecule has 4 heteroatoms. The summed E-state index contributed by atoms with van der Waals surface area (Å²) in [5, 5.41) is 12.3. The van der Waals surface area contributed by atoms with Gasteiger partial charge in [-0.15, -0.1) is 0 Å². The number of pyridine rings is 1. The van der Waals surface area contributed by atoms with E-state index >= 15 is 0 Å². The fourth-order valence-electron chi connectivity index (χ4n) is 1.91. The van der Waals surface area contributed by atoms with Crippen molar-refractivity contribution in [2.24, 2.45) is 0 Å². The number of rotatable bonds is 9. The predicted molar refractivity (Wildman–Crippen MR) is 71.6 cm³/mol. The summed E-state index contributed by atoms with van der Waals surface area (Å²) in [6.45, 7) is 2.96. The SMILES string of the molecule is CCCC(CCO)NCCC(=O)c1cccnc1. The summed E-state index contributed by atoms with van der Waals surface area (Å²) in [6, 6.07) is 3.86. The summed E-state index contributed by atoms with van der Waals surface area (Å²) < 4.78 is 0. The van der Waals surface area contributed by atoms with E-state index in [1.54, 1.807) is 24.5 Å². The fraction of sp³-hybridized carbons (Fsp3) is 0.571. The molecule has 0 aliphatic carbocycles. The summed E-state index contributed by atoms with van der Waals surface area (Å²) in [5.41, 5.74) is 0.661. The van der Waals surface area contributed by atoms with Crippen LogP contribution in [0.3, 0.4) is 0 Å². The van der Waals surface area contributed by atoms with E-state index in [0.29, 0.717) is 24.6 Å².